The van der Waals surface area contributed by atoms with Gasteiger partial charge in [0.25, 0.3) is 0 Å². The van der Waals surface area contributed by atoms with Crippen molar-refractivity contribution < 1.29 is 24.1 Å². The Hall–Kier alpha value is -1.91. The molecule has 0 radical (unpaired) electrons. The summed E-state index contributed by atoms with van der Waals surface area (Å²) in [5.74, 6) is 0.840. The molecule has 0 saturated carbocycles. The van der Waals surface area contributed by atoms with Crippen molar-refractivity contribution in [2.75, 3.05) is 13.9 Å². The number of carbonyl (C=O) groups is 1. The lowest BCUT2D eigenvalue weighted by atomic mass is 9.97. The lowest BCUT2D eigenvalue weighted by Gasteiger charge is -2.12. The van der Waals surface area contributed by atoms with Gasteiger partial charge in [0.05, 0.1) is 13.5 Å². The second kappa shape index (κ2) is 4.53. The van der Waals surface area contributed by atoms with E-state index in [0.29, 0.717) is 17.2 Å². The van der Waals surface area contributed by atoms with Crippen molar-refractivity contribution in [1.29, 1.82) is 0 Å². The van der Waals surface area contributed by atoms with Gasteiger partial charge in [0.1, 0.15) is 0 Å². The molecule has 0 aromatic heterocycles. The van der Waals surface area contributed by atoms with Crippen LogP contribution in [0.1, 0.15) is 24.8 Å². The Kier molecular flexibility index (Phi) is 3.08. The number of hydrogen-bond donors (Lipinski definition) is 1. The number of aliphatic carboxylic acids is 1. The second-order valence-electron chi connectivity index (χ2n) is 3.96. The van der Waals surface area contributed by atoms with Gasteiger partial charge in [0.2, 0.25) is 12.5 Å². The Morgan fingerprint density at radius 2 is 2.29 bits per heavy atom. The van der Waals surface area contributed by atoms with Gasteiger partial charge < -0.3 is 19.3 Å². The lowest BCUT2D eigenvalue weighted by molar-refractivity contribution is -0.137. The zero-order valence-corrected chi connectivity index (χ0v) is 9.73. The second-order valence-corrected chi connectivity index (χ2v) is 3.96. The van der Waals surface area contributed by atoms with Crippen molar-refractivity contribution in [1.82, 2.24) is 0 Å². The zero-order chi connectivity index (χ0) is 12.4. The van der Waals surface area contributed by atoms with Gasteiger partial charge in [-0.1, -0.05) is 6.92 Å². The molecule has 0 bridgehead atoms. The molecule has 1 N–H and O–H groups in total. The van der Waals surface area contributed by atoms with Crippen LogP contribution in [0.25, 0.3) is 0 Å². The Morgan fingerprint density at radius 1 is 1.53 bits per heavy atom. The van der Waals surface area contributed by atoms with Crippen LogP contribution in [0.15, 0.2) is 12.1 Å². The lowest BCUT2D eigenvalue weighted by Crippen LogP contribution is -2.03. The molecule has 0 aliphatic carbocycles. The molecule has 17 heavy (non-hydrogen) atoms. The highest BCUT2D eigenvalue weighted by atomic mass is 16.7. The van der Waals surface area contributed by atoms with E-state index in [1.165, 1.54) is 0 Å². The van der Waals surface area contributed by atoms with Crippen LogP contribution in [-0.2, 0) is 4.79 Å². The summed E-state index contributed by atoms with van der Waals surface area (Å²) in [4.78, 5) is 10.7. The molecule has 0 saturated heterocycles. The van der Waals surface area contributed by atoms with Crippen molar-refractivity contribution in [3.63, 3.8) is 0 Å². The third-order valence-corrected chi connectivity index (χ3v) is 2.73. The molecular formula is C12H14O5. The number of benzene rings is 1. The number of methoxy groups -OCH3 is 1. The SMILES string of the molecule is COc1cc(C(C)CC(=O)O)cc2c1OCO2. The first-order valence-corrected chi connectivity index (χ1v) is 5.31. The van der Waals surface area contributed by atoms with Crippen LogP contribution in [0, 0.1) is 0 Å². The number of rotatable bonds is 4. The van der Waals surface area contributed by atoms with Gasteiger partial charge in [-0.25, -0.2) is 0 Å². The van der Waals surface area contributed by atoms with Crippen molar-refractivity contribution in [2.45, 2.75) is 19.3 Å². The Labute approximate surface area is 98.9 Å². The van der Waals surface area contributed by atoms with Crippen molar-refractivity contribution in [3.8, 4) is 17.2 Å². The molecule has 0 spiro atoms. The van der Waals surface area contributed by atoms with Crippen LogP contribution < -0.4 is 14.2 Å². The van der Waals surface area contributed by atoms with Crippen LogP contribution in [0.2, 0.25) is 0 Å². The molecule has 5 nitrogen and oxygen atoms in total. The summed E-state index contributed by atoms with van der Waals surface area (Å²) in [5, 5.41) is 8.78. The zero-order valence-electron chi connectivity index (χ0n) is 9.73. The molecule has 92 valence electrons. The van der Waals surface area contributed by atoms with Gasteiger partial charge in [-0.2, -0.15) is 0 Å². The minimum Gasteiger partial charge on any atom is -0.493 e. The fraction of sp³-hybridized carbons (Fsp3) is 0.417. The molecule has 1 aromatic rings. The Bertz CT molecular complexity index is 441. The van der Waals surface area contributed by atoms with Gasteiger partial charge in [-0.15, -0.1) is 0 Å². The van der Waals surface area contributed by atoms with E-state index in [-0.39, 0.29) is 19.1 Å². The smallest absolute Gasteiger partial charge is 0.303 e. The molecule has 1 aliphatic rings. The minimum absolute atomic E-state index is 0.0722. The molecule has 1 atom stereocenters. The van der Waals surface area contributed by atoms with Crippen molar-refractivity contribution >= 4 is 5.97 Å². The maximum absolute atomic E-state index is 10.7. The quantitative estimate of drug-likeness (QED) is 0.869. The third kappa shape index (κ3) is 2.27. The summed E-state index contributed by atoms with van der Waals surface area (Å²) in [6, 6.07) is 3.60. The van der Waals surface area contributed by atoms with E-state index in [1.807, 2.05) is 6.92 Å². The highest BCUT2D eigenvalue weighted by Crippen LogP contribution is 2.43. The first-order chi connectivity index (χ1) is 8.11. The molecule has 0 fully saturated rings. The van der Waals surface area contributed by atoms with Crippen LogP contribution in [0.4, 0.5) is 0 Å². The normalized spacial score (nSPS) is 14.5. The van der Waals surface area contributed by atoms with E-state index in [1.54, 1.807) is 19.2 Å². The molecule has 1 aliphatic heterocycles. The van der Waals surface area contributed by atoms with Crippen molar-refractivity contribution in [2.24, 2.45) is 0 Å². The van der Waals surface area contributed by atoms with E-state index in [0.717, 1.165) is 5.56 Å². The summed E-state index contributed by atoms with van der Waals surface area (Å²) in [5.41, 5.74) is 0.869. The Balaban J connectivity index is 2.33. The topological polar surface area (TPSA) is 65.0 Å². The largest absolute Gasteiger partial charge is 0.493 e. The van der Waals surface area contributed by atoms with E-state index >= 15 is 0 Å². The molecule has 1 unspecified atom stereocenters. The molecule has 5 heteroatoms. The van der Waals surface area contributed by atoms with E-state index in [4.69, 9.17) is 19.3 Å². The fourth-order valence-electron chi connectivity index (χ4n) is 1.81. The fourth-order valence-corrected chi connectivity index (χ4v) is 1.81. The average Bonchev–Trinajstić information content (AvgIpc) is 2.74. The van der Waals surface area contributed by atoms with Gasteiger partial charge >= 0.3 is 5.97 Å². The monoisotopic (exact) mass is 238 g/mol. The number of hydrogen-bond acceptors (Lipinski definition) is 4. The summed E-state index contributed by atoms with van der Waals surface area (Å²) in [6.45, 7) is 2.02. The summed E-state index contributed by atoms with van der Waals surface area (Å²) >= 11 is 0. The minimum atomic E-state index is -0.825. The molecule has 2 rings (SSSR count). The van der Waals surface area contributed by atoms with E-state index < -0.39 is 5.97 Å². The molecule has 1 aromatic carbocycles. The number of fused-ring (bicyclic) bond motifs is 1. The highest BCUT2D eigenvalue weighted by Gasteiger charge is 2.22. The number of carboxylic acids is 1. The summed E-state index contributed by atoms with van der Waals surface area (Å²) < 4.78 is 15.8. The standard InChI is InChI=1S/C12H14O5/c1-7(3-11(13)14)8-4-9(15-2)12-10(5-8)16-6-17-12/h4-5,7H,3,6H2,1-2H3,(H,13,14). The molecule has 0 amide bonds. The molecular weight excluding hydrogens is 224 g/mol. The van der Waals surface area contributed by atoms with Crippen LogP contribution in [0.3, 0.4) is 0 Å². The van der Waals surface area contributed by atoms with Gasteiger partial charge in [0.15, 0.2) is 11.5 Å². The summed E-state index contributed by atoms with van der Waals surface area (Å²) in [6.07, 6.45) is 0.0722. The summed E-state index contributed by atoms with van der Waals surface area (Å²) in [7, 11) is 1.54. The maximum atomic E-state index is 10.7. The third-order valence-electron chi connectivity index (χ3n) is 2.73. The Morgan fingerprint density at radius 3 is 2.94 bits per heavy atom. The first kappa shape index (κ1) is 11.6. The predicted octanol–water partition coefficient (Wildman–Crippen LogP) is 2.00. The van der Waals surface area contributed by atoms with Crippen molar-refractivity contribution in [3.05, 3.63) is 17.7 Å². The number of carboxylic acid groups (broad SMARTS) is 1. The molecule has 1 heterocycles. The van der Waals surface area contributed by atoms with Gasteiger partial charge in [-0.05, 0) is 23.6 Å². The predicted molar refractivity (Wildman–Crippen MR) is 59.8 cm³/mol. The van der Waals surface area contributed by atoms with Crippen LogP contribution in [0.5, 0.6) is 17.2 Å². The van der Waals surface area contributed by atoms with E-state index in [9.17, 15) is 4.79 Å². The van der Waals surface area contributed by atoms with Crippen LogP contribution in [-0.4, -0.2) is 25.0 Å². The average molecular weight is 238 g/mol. The highest BCUT2D eigenvalue weighted by molar-refractivity contribution is 5.68. The van der Waals surface area contributed by atoms with E-state index in [2.05, 4.69) is 0 Å². The van der Waals surface area contributed by atoms with Gasteiger partial charge in [-0.3, -0.25) is 4.79 Å². The maximum Gasteiger partial charge on any atom is 0.303 e. The van der Waals surface area contributed by atoms with Gasteiger partial charge in [0, 0.05) is 0 Å². The number of ether oxygens (including phenoxy) is 3. The van der Waals surface area contributed by atoms with Crippen LogP contribution >= 0.6 is 0 Å². The first-order valence-electron chi connectivity index (χ1n) is 5.31.